The molecule has 1 aromatic carbocycles. The molecule has 1 saturated heterocycles. The SMILES string of the molecule is O=C(O)c1ccc(CNc2nnc(C3CCCNC3)o2)cc1. The summed E-state index contributed by atoms with van der Waals surface area (Å²) in [6, 6.07) is 7.07. The van der Waals surface area contributed by atoms with Gasteiger partial charge in [-0.1, -0.05) is 17.2 Å². The number of aromatic nitrogens is 2. The minimum atomic E-state index is -0.929. The second-order valence-electron chi connectivity index (χ2n) is 5.34. The average molecular weight is 302 g/mol. The first kappa shape index (κ1) is 14.5. The third kappa shape index (κ3) is 3.43. The highest BCUT2D eigenvalue weighted by Crippen LogP contribution is 2.23. The standard InChI is InChI=1S/C15H18N4O3/c20-14(21)11-5-3-10(4-6-11)8-17-15-19-18-13(22-15)12-2-1-7-16-9-12/h3-6,12,16H,1-2,7-9H2,(H,17,19)(H,20,21). The van der Waals surface area contributed by atoms with Crippen LogP contribution in [0.3, 0.4) is 0 Å². The number of carboxylic acid groups (broad SMARTS) is 1. The number of nitrogens with one attached hydrogen (secondary N) is 2. The van der Waals surface area contributed by atoms with Gasteiger partial charge in [0.25, 0.3) is 0 Å². The molecule has 1 fully saturated rings. The summed E-state index contributed by atoms with van der Waals surface area (Å²) in [5.41, 5.74) is 1.22. The van der Waals surface area contributed by atoms with Crippen LogP contribution in [0, 0.1) is 0 Å². The summed E-state index contributed by atoms with van der Waals surface area (Å²) >= 11 is 0. The monoisotopic (exact) mass is 302 g/mol. The van der Waals surface area contributed by atoms with Gasteiger partial charge in [0.05, 0.1) is 5.56 Å². The molecule has 0 aliphatic carbocycles. The van der Waals surface area contributed by atoms with Crippen molar-refractivity contribution in [1.29, 1.82) is 0 Å². The normalized spacial score (nSPS) is 18.1. The molecule has 1 unspecified atom stereocenters. The fraction of sp³-hybridized carbons (Fsp3) is 0.400. The van der Waals surface area contributed by atoms with E-state index in [9.17, 15) is 4.79 Å². The lowest BCUT2D eigenvalue weighted by atomic mass is 10.00. The second-order valence-corrected chi connectivity index (χ2v) is 5.34. The molecule has 2 heterocycles. The van der Waals surface area contributed by atoms with Crippen molar-refractivity contribution in [3.05, 3.63) is 41.3 Å². The summed E-state index contributed by atoms with van der Waals surface area (Å²) in [6.07, 6.45) is 2.18. The smallest absolute Gasteiger partial charge is 0.335 e. The predicted octanol–water partition coefficient (Wildman–Crippen LogP) is 1.85. The molecule has 1 atom stereocenters. The van der Waals surface area contributed by atoms with Crippen LogP contribution in [0.4, 0.5) is 6.01 Å². The van der Waals surface area contributed by atoms with E-state index in [1.165, 1.54) is 0 Å². The molecule has 0 spiro atoms. The van der Waals surface area contributed by atoms with Gasteiger partial charge in [0.15, 0.2) is 0 Å². The van der Waals surface area contributed by atoms with Crippen LogP contribution in [0.1, 0.15) is 40.6 Å². The number of carboxylic acids is 1. The number of carbonyl (C=O) groups is 1. The van der Waals surface area contributed by atoms with Gasteiger partial charge >= 0.3 is 12.0 Å². The molecular weight excluding hydrogens is 284 g/mol. The average Bonchev–Trinajstić information content (AvgIpc) is 3.03. The maximum Gasteiger partial charge on any atom is 0.335 e. The number of piperidine rings is 1. The summed E-state index contributed by atoms with van der Waals surface area (Å²) in [7, 11) is 0. The highest BCUT2D eigenvalue weighted by Gasteiger charge is 2.20. The molecule has 1 aliphatic heterocycles. The number of hydrogen-bond acceptors (Lipinski definition) is 6. The molecule has 1 aliphatic rings. The Balaban J connectivity index is 1.57. The minimum absolute atomic E-state index is 0.272. The van der Waals surface area contributed by atoms with Gasteiger partial charge in [0.2, 0.25) is 5.89 Å². The van der Waals surface area contributed by atoms with Crippen LogP contribution < -0.4 is 10.6 Å². The van der Waals surface area contributed by atoms with Crippen LogP contribution >= 0.6 is 0 Å². The first-order valence-corrected chi connectivity index (χ1v) is 7.32. The summed E-state index contributed by atoms with van der Waals surface area (Å²) in [4.78, 5) is 10.8. The van der Waals surface area contributed by atoms with Crippen molar-refractivity contribution in [2.45, 2.75) is 25.3 Å². The van der Waals surface area contributed by atoms with E-state index in [1.807, 2.05) is 0 Å². The van der Waals surface area contributed by atoms with Crippen LogP contribution in [-0.2, 0) is 6.54 Å². The molecule has 7 nitrogen and oxygen atoms in total. The second kappa shape index (κ2) is 6.57. The van der Waals surface area contributed by atoms with Crippen molar-refractivity contribution < 1.29 is 14.3 Å². The molecule has 7 heteroatoms. The van der Waals surface area contributed by atoms with E-state index in [0.717, 1.165) is 31.5 Å². The van der Waals surface area contributed by atoms with Crippen molar-refractivity contribution >= 4 is 12.0 Å². The molecule has 3 rings (SSSR count). The summed E-state index contributed by atoms with van der Waals surface area (Å²) in [6.45, 7) is 2.42. The van der Waals surface area contributed by atoms with Crippen molar-refractivity contribution in [2.75, 3.05) is 18.4 Å². The predicted molar refractivity (Wildman–Crippen MR) is 79.9 cm³/mol. The third-order valence-electron chi connectivity index (χ3n) is 3.73. The van der Waals surface area contributed by atoms with Crippen molar-refractivity contribution in [1.82, 2.24) is 15.5 Å². The Bertz CT molecular complexity index is 632. The van der Waals surface area contributed by atoms with Gasteiger partial charge in [-0.2, -0.15) is 0 Å². The minimum Gasteiger partial charge on any atom is -0.478 e. The molecule has 0 saturated carbocycles. The number of anilines is 1. The van der Waals surface area contributed by atoms with Gasteiger partial charge < -0.3 is 20.2 Å². The largest absolute Gasteiger partial charge is 0.478 e. The maximum absolute atomic E-state index is 10.8. The van der Waals surface area contributed by atoms with Gasteiger partial charge in [-0.3, -0.25) is 0 Å². The fourth-order valence-corrected chi connectivity index (χ4v) is 2.48. The van der Waals surface area contributed by atoms with E-state index >= 15 is 0 Å². The number of aromatic carboxylic acids is 1. The molecule has 1 aromatic heterocycles. The van der Waals surface area contributed by atoms with Crippen LogP contribution in [0.5, 0.6) is 0 Å². The van der Waals surface area contributed by atoms with Crippen molar-refractivity contribution in [2.24, 2.45) is 0 Å². The van der Waals surface area contributed by atoms with E-state index < -0.39 is 5.97 Å². The number of benzene rings is 1. The van der Waals surface area contributed by atoms with Gasteiger partial charge in [0.1, 0.15) is 0 Å². The zero-order valence-electron chi connectivity index (χ0n) is 12.1. The van der Waals surface area contributed by atoms with Crippen LogP contribution in [0.2, 0.25) is 0 Å². The zero-order valence-corrected chi connectivity index (χ0v) is 12.1. The highest BCUT2D eigenvalue weighted by molar-refractivity contribution is 5.87. The lowest BCUT2D eigenvalue weighted by Gasteiger charge is -2.18. The number of rotatable bonds is 5. The Morgan fingerprint density at radius 2 is 2.18 bits per heavy atom. The maximum atomic E-state index is 10.8. The molecule has 0 amide bonds. The van der Waals surface area contributed by atoms with Crippen molar-refractivity contribution in [3.63, 3.8) is 0 Å². The van der Waals surface area contributed by atoms with Gasteiger partial charge in [-0.05, 0) is 37.1 Å². The molecule has 22 heavy (non-hydrogen) atoms. The Hall–Kier alpha value is -2.41. The Morgan fingerprint density at radius 3 is 2.86 bits per heavy atom. The molecule has 0 bridgehead atoms. The Morgan fingerprint density at radius 1 is 1.36 bits per heavy atom. The van der Waals surface area contributed by atoms with Gasteiger partial charge in [-0.25, -0.2) is 4.79 Å². The molecule has 3 N–H and O–H groups in total. The quantitative estimate of drug-likeness (QED) is 0.775. The highest BCUT2D eigenvalue weighted by atomic mass is 16.4. The molecule has 2 aromatic rings. The summed E-state index contributed by atoms with van der Waals surface area (Å²) in [5, 5.41) is 23.3. The first-order valence-electron chi connectivity index (χ1n) is 7.32. The van der Waals surface area contributed by atoms with E-state index in [2.05, 4.69) is 20.8 Å². The molecule has 0 radical (unpaired) electrons. The first-order chi connectivity index (χ1) is 10.7. The van der Waals surface area contributed by atoms with E-state index in [-0.39, 0.29) is 11.5 Å². The topological polar surface area (TPSA) is 100 Å². The van der Waals surface area contributed by atoms with Gasteiger partial charge in [-0.15, -0.1) is 5.10 Å². The van der Waals surface area contributed by atoms with Crippen LogP contribution in [0.15, 0.2) is 28.7 Å². The van der Waals surface area contributed by atoms with Crippen molar-refractivity contribution in [3.8, 4) is 0 Å². The Labute approximate surface area is 127 Å². The van der Waals surface area contributed by atoms with E-state index in [1.54, 1.807) is 24.3 Å². The summed E-state index contributed by atoms with van der Waals surface area (Å²) < 4.78 is 5.64. The lowest BCUT2D eigenvalue weighted by molar-refractivity contribution is 0.0697. The van der Waals surface area contributed by atoms with Crippen LogP contribution in [-0.4, -0.2) is 34.4 Å². The number of nitrogens with zero attached hydrogens (tertiary/aromatic N) is 2. The zero-order chi connectivity index (χ0) is 15.4. The summed E-state index contributed by atoms with van der Waals surface area (Å²) in [5.74, 6) is 0.0183. The van der Waals surface area contributed by atoms with E-state index in [4.69, 9.17) is 9.52 Å². The van der Waals surface area contributed by atoms with Crippen LogP contribution in [0.25, 0.3) is 0 Å². The fourth-order valence-electron chi connectivity index (χ4n) is 2.48. The molecule has 116 valence electrons. The number of hydrogen-bond donors (Lipinski definition) is 3. The molecular formula is C15H18N4O3. The van der Waals surface area contributed by atoms with Gasteiger partial charge in [0, 0.05) is 19.0 Å². The Kier molecular flexibility index (Phi) is 4.34. The lowest BCUT2D eigenvalue weighted by Crippen LogP contribution is -2.28. The van der Waals surface area contributed by atoms with E-state index in [0.29, 0.717) is 18.5 Å². The third-order valence-corrected chi connectivity index (χ3v) is 3.73.